The summed E-state index contributed by atoms with van der Waals surface area (Å²) in [7, 11) is 0. The highest BCUT2D eigenvalue weighted by Crippen LogP contribution is 2.24. The summed E-state index contributed by atoms with van der Waals surface area (Å²) in [6, 6.07) is 16.2. The van der Waals surface area contributed by atoms with Gasteiger partial charge in [0.1, 0.15) is 0 Å². The lowest BCUT2D eigenvalue weighted by Crippen LogP contribution is -2.13. The van der Waals surface area contributed by atoms with Crippen LogP contribution in [0, 0.1) is 0 Å². The van der Waals surface area contributed by atoms with E-state index in [1.165, 1.54) is 5.56 Å². The molecule has 1 N–H and O–H groups in total. The Morgan fingerprint density at radius 2 is 1.81 bits per heavy atom. The summed E-state index contributed by atoms with van der Waals surface area (Å²) in [5, 5.41) is 5.20. The molecule has 3 aromatic rings. The minimum Gasteiger partial charge on any atom is -0.309 e. The van der Waals surface area contributed by atoms with Crippen LogP contribution < -0.4 is 5.32 Å². The Kier molecular flexibility index (Phi) is 4.54. The molecule has 0 fully saturated rings. The molecule has 106 valence electrons. The second-order valence-electron chi connectivity index (χ2n) is 4.84. The Hall–Kier alpha value is -1.42. The highest BCUT2D eigenvalue weighted by Gasteiger charge is 2.05. The fraction of sp³-hybridized carbons (Fsp3) is 0.118. The molecule has 0 unspecified atom stereocenters. The average molecular weight is 362 g/mol. The van der Waals surface area contributed by atoms with E-state index in [2.05, 4.69) is 50.5 Å². The van der Waals surface area contributed by atoms with Gasteiger partial charge in [-0.25, -0.2) is 0 Å². The number of fused-ring (bicyclic) bond motifs is 1. The molecule has 21 heavy (non-hydrogen) atoms. The molecule has 1 aromatic heterocycles. The third-order valence-electron chi connectivity index (χ3n) is 3.36. The van der Waals surface area contributed by atoms with Crippen molar-refractivity contribution in [1.29, 1.82) is 0 Å². The second kappa shape index (κ2) is 6.56. The van der Waals surface area contributed by atoms with Crippen molar-refractivity contribution in [3.8, 4) is 0 Å². The zero-order valence-corrected chi connectivity index (χ0v) is 13.7. The zero-order valence-electron chi connectivity index (χ0n) is 11.3. The highest BCUT2D eigenvalue weighted by atomic mass is 79.9. The Balaban J connectivity index is 1.74. The Morgan fingerprint density at radius 3 is 2.62 bits per heavy atom. The number of halogens is 2. The molecular weight excluding hydrogens is 348 g/mol. The molecule has 1 heterocycles. The highest BCUT2D eigenvalue weighted by molar-refractivity contribution is 9.10. The van der Waals surface area contributed by atoms with Gasteiger partial charge in [0.05, 0.1) is 5.52 Å². The van der Waals surface area contributed by atoms with Crippen molar-refractivity contribution in [1.82, 2.24) is 10.3 Å². The third-order valence-corrected chi connectivity index (χ3v) is 4.22. The quantitative estimate of drug-likeness (QED) is 0.712. The first-order chi connectivity index (χ1) is 10.2. The fourth-order valence-electron chi connectivity index (χ4n) is 2.28. The Labute approximate surface area is 137 Å². The first kappa shape index (κ1) is 14.5. The van der Waals surface area contributed by atoms with Crippen LogP contribution >= 0.6 is 27.5 Å². The summed E-state index contributed by atoms with van der Waals surface area (Å²) >= 11 is 9.65. The molecule has 0 amide bonds. The standard InChI is InChI=1S/C17H14BrClN2/c18-14-6-3-12(4-7-14)10-20-11-13-5-8-16(19)15-2-1-9-21-17(13)15/h1-9,20H,10-11H2. The molecule has 0 bridgehead atoms. The maximum Gasteiger partial charge on any atom is 0.0761 e. The van der Waals surface area contributed by atoms with Crippen molar-refractivity contribution in [2.24, 2.45) is 0 Å². The number of hydrogen-bond donors (Lipinski definition) is 1. The van der Waals surface area contributed by atoms with E-state index in [9.17, 15) is 0 Å². The number of pyridine rings is 1. The predicted molar refractivity (Wildman–Crippen MR) is 91.4 cm³/mol. The molecule has 0 aliphatic heterocycles. The van der Waals surface area contributed by atoms with Crippen molar-refractivity contribution in [3.63, 3.8) is 0 Å². The van der Waals surface area contributed by atoms with Gasteiger partial charge in [-0.05, 0) is 41.5 Å². The number of nitrogens with zero attached hydrogens (tertiary/aromatic N) is 1. The van der Waals surface area contributed by atoms with E-state index in [1.807, 2.05) is 24.3 Å². The van der Waals surface area contributed by atoms with E-state index in [-0.39, 0.29) is 0 Å². The summed E-state index contributed by atoms with van der Waals surface area (Å²) in [5.41, 5.74) is 3.38. The summed E-state index contributed by atoms with van der Waals surface area (Å²) in [4.78, 5) is 4.45. The largest absolute Gasteiger partial charge is 0.309 e. The summed E-state index contributed by atoms with van der Waals surface area (Å²) in [5.74, 6) is 0. The average Bonchev–Trinajstić information content (AvgIpc) is 2.52. The first-order valence-corrected chi connectivity index (χ1v) is 7.88. The van der Waals surface area contributed by atoms with Gasteiger partial charge in [0, 0.05) is 34.2 Å². The zero-order chi connectivity index (χ0) is 14.7. The first-order valence-electron chi connectivity index (χ1n) is 6.71. The lowest BCUT2D eigenvalue weighted by Gasteiger charge is -2.09. The molecule has 0 aliphatic carbocycles. The monoisotopic (exact) mass is 360 g/mol. The molecule has 0 spiro atoms. The van der Waals surface area contributed by atoms with Crippen LogP contribution in [0.5, 0.6) is 0 Å². The van der Waals surface area contributed by atoms with Crippen LogP contribution in [0.4, 0.5) is 0 Å². The normalized spacial score (nSPS) is 11.0. The van der Waals surface area contributed by atoms with E-state index < -0.39 is 0 Å². The van der Waals surface area contributed by atoms with Crippen LogP contribution in [-0.4, -0.2) is 4.98 Å². The summed E-state index contributed by atoms with van der Waals surface area (Å²) in [6.45, 7) is 1.59. The van der Waals surface area contributed by atoms with Gasteiger partial charge in [-0.2, -0.15) is 0 Å². The molecule has 4 heteroatoms. The number of nitrogens with one attached hydrogen (secondary N) is 1. The molecule has 2 aromatic carbocycles. The van der Waals surface area contributed by atoms with Crippen LogP contribution in [0.25, 0.3) is 10.9 Å². The molecule has 0 saturated carbocycles. The SMILES string of the molecule is Clc1ccc(CNCc2ccc(Br)cc2)c2ncccc12. The minimum absolute atomic E-state index is 0.745. The molecule has 2 nitrogen and oxygen atoms in total. The van der Waals surface area contributed by atoms with Gasteiger partial charge in [0.2, 0.25) is 0 Å². The Morgan fingerprint density at radius 1 is 1.00 bits per heavy atom. The van der Waals surface area contributed by atoms with Crippen molar-refractivity contribution >= 4 is 38.4 Å². The van der Waals surface area contributed by atoms with E-state index in [0.29, 0.717) is 0 Å². The molecule has 0 aliphatic rings. The molecule has 3 rings (SSSR count). The van der Waals surface area contributed by atoms with Gasteiger partial charge >= 0.3 is 0 Å². The number of aromatic nitrogens is 1. The van der Waals surface area contributed by atoms with Gasteiger partial charge in [-0.3, -0.25) is 4.98 Å². The van der Waals surface area contributed by atoms with E-state index >= 15 is 0 Å². The van der Waals surface area contributed by atoms with Gasteiger partial charge in [0.25, 0.3) is 0 Å². The number of benzene rings is 2. The van der Waals surface area contributed by atoms with E-state index in [1.54, 1.807) is 6.20 Å². The van der Waals surface area contributed by atoms with Crippen LogP contribution in [0.3, 0.4) is 0 Å². The third kappa shape index (κ3) is 3.43. The van der Waals surface area contributed by atoms with Crippen LogP contribution in [0.2, 0.25) is 5.02 Å². The van der Waals surface area contributed by atoms with Crippen molar-refractivity contribution in [2.75, 3.05) is 0 Å². The van der Waals surface area contributed by atoms with Gasteiger partial charge < -0.3 is 5.32 Å². The van der Waals surface area contributed by atoms with Crippen LogP contribution in [0.1, 0.15) is 11.1 Å². The summed E-state index contributed by atoms with van der Waals surface area (Å²) < 4.78 is 1.10. The smallest absolute Gasteiger partial charge is 0.0761 e. The van der Waals surface area contributed by atoms with Gasteiger partial charge in [0.15, 0.2) is 0 Å². The Bertz CT molecular complexity index is 756. The summed E-state index contributed by atoms with van der Waals surface area (Å²) in [6.07, 6.45) is 1.80. The number of hydrogen-bond acceptors (Lipinski definition) is 2. The predicted octanol–water partition coefficient (Wildman–Crippen LogP) is 4.94. The maximum atomic E-state index is 6.21. The van der Waals surface area contributed by atoms with Crippen molar-refractivity contribution < 1.29 is 0 Å². The van der Waals surface area contributed by atoms with E-state index in [4.69, 9.17) is 11.6 Å². The van der Waals surface area contributed by atoms with Gasteiger partial charge in [-0.15, -0.1) is 0 Å². The second-order valence-corrected chi connectivity index (χ2v) is 6.16. The molecule has 0 atom stereocenters. The molecule has 0 radical (unpaired) electrons. The van der Waals surface area contributed by atoms with Gasteiger partial charge in [-0.1, -0.05) is 45.7 Å². The fourth-order valence-corrected chi connectivity index (χ4v) is 2.76. The number of rotatable bonds is 4. The maximum absolute atomic E-state index is 6.21. The minimum atomic E-state index is 0.745. The molecular formula is C17H14BrClN2. The van der Waals surface area contributed by atoms with Crippen molar-refractivity contribution in [3.05, 3.63) is 75.4 Å². The topological polar surface area (TPSA) is 24.9 Å². The molecule has 0 saturated heterocycles. The van der Waals surface area contributed by atoms with E-state index in [0.717, 1.165) is 39.1 Å². The lowest BCUT2D eigenvalue weighted by molar-refractivity contribution is 0.695. The van der Waals surface area contributed by atoms with Crippen LogP contribution in [0.15, 0.2) is 59.2 Å². The lowest BCUT2D eigenvalue weighted by atomic mass is 10.1. The van der Waals surface area contributed by atoms with Crippen LogP contribution in [-0.2, 0) is 13.1 Å². The van der Waals surface area contributed by atoms with Crippen molar-refractivity contribution in [2.45, 2.75) is 13.1 Å².